The molecule has 154 valence electrons. The molecule has 2 aliphatic heterocycles. The van der Waals surface area contributed by atoms with E-state index in [0.717, 1.165) is 81.7 Å². The Bertz CT molecular complexity index is 726. The molecule has 8 heteroatoms. The summed E-state index contributed by atoms with van der Waals surface area (Å²) in [6.45, 7) is 9.16. The molecule has 0 amide bonds. The first-order chi connectivity index (χ1) is 13.7. The fraction of sp³-hybridized carbons (Fsp3) is 0.750. The van der Waals surface area contributed by atoms with Crippen LogP contribution in [0.2, 0.25) is 0 Å². The molecule has 2 aliphatic rings. The average Bonchev–Trinajstić information content (AvgIpc) is 3.32. The molecule has 8 nitrogen and oxygen atoms in total. The van der Waals surface area contributed by atoms with Gasteiger partial charge >= 0.3 is 0 Å². The zero-order valence-corrected chi connectivity index (χ0v) is 16.9. The monoisotopic (exact) mass is 390 g/mol. The van der Waals surface area contributed by atoms with Gasteiger partial charge in [-0.1, -0.05) is 10.3 Å². The molecule has 0 spiro atoms. The molecule has 2 aromatic rings. The molecule has 28 heavy (non-hydrogen) atoms. The number of nitrogens with zero attached hydrogens (tertiary/aromatic N) is 4. The first-order valence-corrected chi connectivity index (χ1v) is 10.3. The van der Waals surface area contributed by atoms with E-state index in [1.54, 1.807) is 0 Å². The lowest BCUT2D eigenvalue weighted by Crippen LogP contribution is -2.37. The molecule has 2 saturated heterocycles. The van der Waals surface area contributed by atoms with Gasteiger partial charge in [0.15, 0.2) is 5.82 Å². The van der Waals surface area contributed by atoms with Crippen molar-refractivity contribution < 1.29 is 18.5 Å². The van der Waals surface area contributed by atoms with Gasteiger partial charge in [0.25, 0.3) is 0 Å². The number of likely N-dealkylation sites (tertiary alicyclic amines) is 1. The molecule has 0 unspecified atom stereocenters. The number of hydrogen-bond acceptors (Lipinski definition) is 8. The lowest BCUT2D eigenvalue weighted by atomic mass is 10.0. The van der Waals surface area contributed by atoms with Crippen LogP contribution in [0.25, 0.3) is 0 Å². The van der Waals surface area contributed by atoms with Crippen LogP contribution in [-0.2, 0) is 22.4 Å². The summed E-state index contributed by atoms with van der Waals surface area (Å²) in [6.07, 6.45) is 5.02. The Balaban J connectivity index is 1.16. The second-order valence-electron chi connectivity index (χ2n) is 7.83. The third-order valence-corrected chi connectivity index (χ3v) is 5.83. The Hall–Kier alpha value is -1.77. The predicted molar refractivity (Wildman–Crippen MR) is 101 cm³/mol. The van der Waals surface area contributed by atoms with E-state index in [2.05, 4.69) is 20.2 Å². The Morgan fingerprint density at radius 1 is 1.04 bits per heavy atom. The van der Waals surface area contributed by atoms with Crippen LogP contribution >= 0.6 is 0 Å². The van der Waals surface area contributed by atoms with Gasteiger partial charge in [0, 0.05) is 50.8 Å². The third kappa shape index (κ3) is 4.79. The normalized spacial score (nSPS) is 20.1. The van der Waals surface area contributed by atoms with Crippen molar-refractivity contribution in [2.45, 2.75) is 64.5 Å². The fourth-order valence-electron chi connectivity index (χ4n) is 3.98. The molecule has 2 fully saturated rings. The highest BCUT2D eigenvalue weighted by atomic mass is 16.5. The van der Waals surface area contributed by atoms with Crippen molar-refractivity contribution >= 4 is 0 Å². The number of ether oxygens (including phenoxy) is 2. The second kappa shape index (κ2) is 9.15. The van der Waals surface area contributed by atoms with Gasteiger partial charge in [-0.25, -0.2) is 0 Å². The molecule has 0 saturated carbocycles. The van der Waals surface area contributed by atoms with Crippen LogP contribution in [0.4, 0.5) is 0 Å². The van der Waals surface area contributed by atoms with Crippen molar-refractivity contribution in [2.24, 2.45) is 0 Å². The zero-order chi connectivity index (χ0) is 19.3. The van der Waals surface area contributed by atoms with Gasteiger partial charge < -0.3 is 18.5 Å². The quantitative estimate of drug-likeness (QED) is 0.713. The maximum Gasteiger partial charge on any atom is 0.229 e. The summed E-state index contributed by atoms with van der Waals surface area (Å²) in [5, 5.41) is 8.16. The highest BCUT2D eigenvalue weighted by Gasteiger charge is 2.23. The first kappa shape index (κ1) is 19.5. The van der Waals surface area contributed by atoms with E-state index in [-0.39, 0.29) is 0 Å². The van der Waals surface area contributed by atoms with Crippen LogP contribution in [-0.4, -0.2) is 59.2 Å². The largest absolute Gasteiger partial charge is 0.381 e. The van der Waals surface area contributed by atoms with Gasteiger partial charge in [0.05, 0.1) is 18.4 Å². The number of hydrogen-bond donors (Lipinski definition) is 0. The molecule has 4 heterocycles. The maximum absolute atomic E-state index is 6.07. The fourth-order valence-corrected chi connectivity index (χ4v) is 3.98. The number of piperidine rings is 1. The van der Waals surface area contributed by atoms with E-state index >= 15 is 0 Å². The van der Waals surface area contributed by atoms with Crippen LogP contribution in [0, 0.1) is 13.8 Å². The van der Waals surface area contributed by atoms with E-state index in [0.29, 0.717) is 25.0 Å². The van der Waals surface area contributed by atoms with E-state index in [1.807, 2.05) is 13.8 Å². The topological polar surface area (TPSA) is 86.7 Å². The Morgan fingerprint density at radius 3 is 2.54 bits per heavy atom. The van der Waals surface area contributed by atoms with Gasteiger partial charge in [-0.05, 0) is 39.5 Å². The molecule has 0 aromatic carbocycles. The lowest BCUT2D eigenvalue weighted by molar-refractivity contribution is 0.00667. The van der Waals surface area contributed by atoms with Gasteiger partial charge in [-0.15, -0.1) is 0 Å². The smallest absolute Gasteiger partial charge is 0.229 e. The molecule has 0 radical (unpaired) electrons. The van der Waals surface area contributed by atoms with E-state index in [4.69, 9.17) is 18.5 Å². The first-order valence-electron chi connectivity index (χ1n) is 10.3. The van der Waals surface area contributed by atoms with Gasteiger partial charge in [-0.2, -0.15) is 4.98 Å². The average molecular weight is 390 g/mol. The van der Waals surface area contributed by atoms with Gasteiger partial charge in [0.1, 0.15) is 5.76 Å². The zero-order valence-electron chi connectivity index (χ0n) is 16.9. The van der Waals surface area contributed by atoms with Crippen molar-refractivity contribution in [2.75, 3.05) is 32.9 Å². The molecule has 0 aliphatic carbocycles. The van der Waals surface area contributed by atoms with Gasteiger partial charge in [0.2, 0.25) is 5.89 Å². The number of aryl methyl sites for hydroxylation is 2. The summed E-state index contributed by atoms with van der Waals surface area (Å²) < 4.78 is 22.2. The SMILES string of the molecule is Cc1noc(C)c1CN1CCC(OCCc2noc(C3CCOCC3)n2)CC1. The predicted octanol–water partition coefficient (Wildman–Crippen LogP) is 2.79. The minimum Gasteiger partial charge on any atom is -0.381 e. The molecular weight excluding hydrogens is 360 g/mol. The van der Waals surface area contributed by atoms with Crippen LogP contribution < -0.4 is 0 Å². The third-order valence-electron chi connectivity index (χ3n) is 5.83. The molecule has 4 rings (SSSR count). The van der Waals surface area contributed by atoms with Crippen molar-refractivity contribution in [3.8, 4) is 0 Å². The molecule has 2 aromatic heterocycles. The summed E-state index contributed by atoms with van der Waals surface area (Å²) in [4.78, 5) is 7.00. The van der Waals surface area contributed by atoms with Crippen molar-refractivity contribution in [3.63, 3.8) is 0 Å². The van der Waals surface area contributed by atoms with Crippen LogP contribution in [0.1, 0.15) is 60.3 Å². The summed E-state index contributed by atoms with van der Waals surface area (Å²) in [5.74, 6) is 2.78. The number of rotatable bonds is 7. The minimum absolute atomic E-state index is 0.308. The summed E-state index contributed by atoms with van der Waals surface area (Å²) in [5.41, 5.74) is 2.22. The highest BCUT2D eigenvalue weighted by Crippen LogP contribution is 2.25. The summed E-state index contributed by atoms with van der Waals surface area (Å²) >= 11 is 0. The van der Waals surface area contributed by atoms with Crippen molar-refractivity contribution in [1.29, 1.82) is 0 Å². The van der Waals surface area contributed by atoms with E-state index < -0.39 is 0 Å². The Labute approximate surface area is 165 Å². The van der Waals surface area contributed by atoms with Gasteiger partial charge in [-0.3, -0.25) is 4.90 Å². The molecule has 0 N–H and O–H groups in total. The Morgan fingerprint density at radius 2 is 1.82 bits per heavy atom. The molecule has 0 atom stereocenters. The van der Waals surface area contributed by atoms with Crippen LogP contribution in [0.5, 0.6) is 0 Å². The Kier molecular flexibility index (Phi) is 6.39. The van der Waals surface area contributed by atoms with Crippen LogP contribution in [0.3, 0.4) is 0 Å². The van der Waals surface area contributed by atoms with Crippen LogP contribution in [0.15, 0.2) is 9.05 Å². The molecular formula is C20H30N4O4. The lowest BCUT2D eigenvalue weighted by Gasteiger charge is -2.31. The van der Waals surface area contributed by atoms with Crippen molar-refractivity contribution in [3.05, 3.63) is 28.7 Å². The maximum atomic E-state index is 6.07. The summed E-state index contributed by atoms with van der Waals surface area (Å²) in [7, 11) is 0. The highest BCUT2D eigenvalue weighted by molar-refractivity contribution is 5.20. The standard InChI is InChI=1S/C20H30N4O4/c1-14-18(15(2)27-22-14)13-24-8-3-17(4-9-24)26-12-7-19-21-20(28-23-19)16-5-10-25-11-6-16/h16-17H,3-13H2,1-2H3. The second-order valence-corrected chi connectivity index (χ2v) is 7.83. The summed E-state index contributed by atoms with van der Waals surface area (Å²) in [6, 6.07) is 0. The number of aromatic nitrogens is 3. The van der Waals surface area contributed by atoms with Crippen molar-refractivity contribution in [1.82, 2.24) is 20.2 Å². The molecule has 0 bridgehead atoms. The minimum atomic E-state index is 0.308. The van der Waals surface area contributed by atoms with E-state index in [1.165, 1.54) is 5.56 Å². The van der Waals surface area contributed by atoms with E-state index in [9.17, 15) is 0 Å².